The second-order valence-corrected chi connectivity index (χ2v) is 7.65. The maximum Gasteiger partial charge on any atom is 0.418 e. The van der Waals surface area contributed by atoms with Crippen molar-refractivity contribution in [3.8, 4) is 11.3 Å². The van der Waals surface area contributed by atoms with Gasteiger partial charge in [-0.3, -0.25) is 0 Å². The van der Waals surface area contributed by atoms with Gasteiger partial charge in [0.15, 0.2) is 0 Å². The molecule has 4 nitrogen and oxygen atoms in total. The third kappa shape index (κ3) is 4.12. The number of thiazole rings is 1. The highest BCUT2D eigenvalue weighted by atomic mass is 32.1. The number of likely N-dealkylation sites (tertiary alicyclic amines) is 1. The van der Waals surface area contributed by atoms with Crippen molar-refractivity contribution in [2.45, 2.75) is 25.1 Å². The predicted octanol–water partition coefficient (Wildman–Crippen LogP) is 6.20. The van der Waals surface area contributed by atoms with E-state index < -0.39 is 17.8 Å². The maximum atomic E-state index is 13.2. The SMILES string of the molecule is O=C(Nc1ccccc1C(F)(F)F)N1CCC[C@H]1c1nc(-c2ccccc2)cs1. The fraction of sp³-hybridized carbons (Fsp3) is 0.238. The minimum Gasteiger partial charge on any atom is -0.315 e. The van der Waals surface area contributed by atoms with Gasteiger partial charge in [-0.2, -0.15) is 13.2 Å². The molecule has 2 aromatic carbocycles. The number of carbonyl (C=O) groups excluding carboxylic acids is 1. The molecular weight excluding hydrogens is 399 g/mol. The molecule has 1 saturated heterocycles. The number of benzene rings is 2. The molecular formula is C21H18F3N3OS. The van der Waals surface area contributed by atoms with Crippen LogP contribution >= 0.6 is 11.3 Å². The Bertz CT molecular complexity index is 1000. The molecule has 1 aliphatic heterocycles. The van der Waals surface area contributed by atoms with E-state index in [0.717, 1.165) is 35.2 Å². The molecule has 0 spiro atoms. The Balaban J connectivity index is 1.54. The number of nitrogens with zero attached hydrogens (tertiary/aromatic N) is 2. The number of hydrogen-bond acceptors (Lipinski definition) is 3. The van der Waals surface area contributed by atoms with Crippen molar-refractivity contribution in [3.63, 3.8) is 0 Å². The lowest BCUT2D eigenvalue weighted by Gasteiger charge is -2.24. The summed E-state index contributed by atoms with van der Waals surface area (Å²) in [6.07, 6.45) is -3.02. The first-order valence-corrected chi connectivity index (χ1v) is 10.1. The van der Waals surface area contributed by atoms with Crippen LogP contribution in [-0.4, -0.2) is 22.5 Å². The molecule has 0 bridgehead atoms. The van der Waals surface area contributed by atoms with Crippen LogP contribution in [0, 0.1) is 0 Å². The van der Waals surface area contributed by atoms with E-state index in [0.29, 0.717) is 6.54 Å². The number of amides is 2. The predicted molar refractivity (Wildman–Crippen MR) is 107 cm³/mol. The summed E-state index contributed by atoms with van der Waals surface area (Å²) in [6.45, 7) is 0.477. The van der Waals surface area contributed by atoms with Gasteiger partial charge in [0.05, 0.1) is 23.0 Å². The lowest BCUT2D eigenvalue weighted by molar-refractivity contribution is -0.136. The van der Waals surface area contributed by atoms with E-state index in [-0.39, 0.29) is 11.7 Å². The van der Waals surface area contributed by atoms with Gasteiger partial charge < -0.3 is 10.2 Å². The number of halogens is 3. The summed E-state index contributed by atoms with van der Waals surface area (Å²) < 4.78 is 39.6. The molecule has 2 heterocycles. The van der Waals surface area contributed by atoms with Gasteiger partial charge in [-0.25, -0.2) is 9.78 Å². The van der Waals surface area contributed by atoms with Crippen LogP contribution in [0.2, 0.25) is 0 Å². The van der Waals surface area contributed by atoms with Crippen LogP contribution in [0.25, 0.3) is 11.3 Å². The minimum absolute atomic E-state index is 0.236. The van der Waals surface area contributed by atoms with E-state index in [9.17, 15) is 18.0 Å². The lowest BCUT2D eigenvalue weighted by atomic mass is 10.1. The van der Waals surface area contributed by atoms with Crippen LogP contribution in [0.4, 0.5) is 23.7 Å². The Morgan fingerprint density at radius 2 is 1.83 bits per heavy atom. The number of urea groups is 1. The van der Waals surface area contributed by atoms with Gasteiger partial charge in [0.1, 0.15) is 5.01 Å². The molecule has 1 aromatic heterocycles. The Morgan fingerprint density at radius 3 is 2.59 bits per heavy atom. The van der Waals surface area contributed by atoms with E-state index >= 15 is 0 Å². The molecule has 0 saturated carbocycles. The summed E-state index contributed by atoms with van der Waals surface area (Å²) in [5, 5.41) is 5.18. The zero-order chi connectivity index (χ0) is 20.4. The third-order valence-electron chi connectivity index (χ3n) is 4.86. The third-order valence-corrected chi connectivity index (χ3v) is 5.81. The highest BCUT2D eigenvalue weighted by molar-refractivity contribution is 7.10. The number of para-hydroxylation sites is 1. The molecule has 2 amide bonds. The highest BCUT2D eigenvalue weighted by Gasteiger charge is 2.36. The summed E-state index contributed by atoms with van der Waals surface area (Å²) in [4.78, 5) is 19.0. The fourth-order valence-corrected chi connectivity index (χ4v) is 4.45. The number of alkyl halides is 3. The standard InChI is InChI=1S/C21H18F3N3OS/c22-21(23,24)15-9-4-5-10-16(15)26-20(28)27-12-6-11-18(27)19-25-17(13-29-19)14-7-2-1-3-8-14/h1-5,7-10,13,18H,6,11-12H2,(H,26,28)/t18-/m0/s1. The normalized spacial score (nSPS) is 16.8. The largest absolute Gasteiger partial charge is 0.418 e. The summed E-state index contributed by atoms with van der Waals surface area (Å²) in [6, 6.07) is 13.9. The van der Waals surface area contributed by atoms with Crippen LogP contribution < -0.4 is 5.32 Å². The number of nitrogens with one attached hydrogen (secondary N) is 1. The molecule has 0 aliphatic carbocycles. The number of aromatic nitrogens is 1. The van der Waals surface area contributed by atoms with Crippen molar-refractivity contribution in [3.05, 3.63) is 70.5 Å². The van der Waals surface area contributed by atoms with Gasteiger partial charge in [0.2, 0.25) is 0 Å². The number of anilines is 1. The molecule has 4 rings (SSSR count). The van der Waals surface area contributed by atoms with Gasteiger partial charge in [0.25, 0.3) is 0 Å². The summed E-state index contributed by atoms with van der Waals surface area (Å²) in [5.74, 6) is 0. The smallest absolute Gasteiger partial charge is 0.315 e. The quantitative estimate of drug-likeness (QED) is 0.552. The van der Waals surface area contributed by atoms with Crippen molar-refractivity contribution >= 4 is 23.1 Å². The number of hydrogen-bond donors (Lipinski definition) is 1. The fourth-order valence-electron chi connectivity index (χ4n) is 3.48. The Hall–Kier alpha value is -2.87. The molecule has 1 fully saturated rings. The molecule has 1 N–H and O–H groups in total. The van der Waals surface area contributed by atoms with Gasteiger partial charge in [0, 0.05) is 17.5 Å². The van der Waals surface area contributed by atoms with Crippen molar-refractivity contribution in [1.82, 2.24) is 9.88 Å². The van der Waals surface area contributed by atoms with Crippen LogP contribution in [0.5, 0.6) is 0 Å². The van der Waals surface area contributed by atoms with Crippen molar-refractivity contribution in [2.24, 2.45) is 0 Å². The molecule has 0 unspecified atom stereocenters. The summed E-state index contributed by atoms with van der Waals surface area (Å²) in [5.41, 5.74) is 0.729. The molecule has 150 valence electrons. The monoisotopic (exact) mass is 417 g/mol. The summed E-state index contributed by atoms with van der Waals surface area (Å²) >= 11 is 1.46. The molecule has 29 heavy (non-hydrogen) atoms. The van der Waals surface area contributed by atoms with Crippen LogP contribution in [0.3, 0.4) is 0 Å². The zero-order valence-electron chi connectivity index (χ0n) is 15.3. The van der Waals surface area contributed by atoms with Gasteiger partial charge in [-0.05, 0) is 25.0 Å². The average Bonchev–Trinajstić information content (AvgIpc) is 3.38. The number of rotatable bonds is 3. The van der Waals surface area contributed by atoms with E-state index in [1.807, 2.05) is 35.7 Å². The first-order chi connectivity index (χ1) is 13.9. The topological polar surface area (TPSA) is 45.2 Å². The Labute approximate surface area is 170 Å². The van der Waals surface area contributed by atoms with E-state index in [1.54, 1.807) is 4.90 Å². The van der Waals surface area contributed by atoms with Crippen LogP contribution in [-0.2, 0) is 6.18 Å². The molecule has 0 radical (unpaired) electrons. The van der Waals surface area contributed by atoms with Gasteiger partial charge in [-0.15, -0.1) is 11.3 Å². The van der Waals surface area contributed by atoms with Crippen LogP contribution in [0.15, 0.2) is 60.0 Å². The van der Waals surface area contributed by atoms with Gasteiger partial charge >= 0.3 is 12.2 Å². The summed E-state index contributed by atoms with van der Waals surface area (Å²) in [7, 11) is 0. The molecule has 8 heteroatoms. The van der Waals surface area contributed by atoms with Crippen LogP contribution in [0.1, 0.15) is 29.5 Å². The highest BCUT2D eigenvalue weighted by Crippen LogP contribution is 2.38. The maximum absolute atomic E-state index is 13.2. The Morgan fingerprint density at radius 1 is 1.10 bits per heavy atom. The van der Waals surface area contributed by atoms with E-state index in [1.165, 1.54) is 29.5 Å². The molecule has 1 atom stereocenters. The zero-order valence-corrected chi connectivity index (χ0v) is 16.1. The minimum atomic E-state index is -4.53. The average molecular weight is 417 g/mol. The van der Waals surface area contributed by atoms with E-state index in [4.69, 9.17) is 0 Å². The second-order valence-electron chi connectivity index (χ2n) is 6.76. The van der Waals surface area contributed by atoms with Crippen molar-refractivity contribution < 1.29 is 18.0 Å². The first-order valence-electron chi connectivity index (χ1n) is 9.18. The second kappa shape index (κ2) is 7.87. The van der Waals surface area contributed by atoms with Crippen molar-refractivity contribution in [2.75, 3.05) is 11.9 Å². The lowest BCUT2D eigenvalue weighted by Crippen LogP contribution is -2.35. The molecule has 1 aliphatic rings. The first kappa shape index (κ1) is 19.4. The molecule has 3 aromatic rings. The van der Waals surface area contributed by atoms with Gasteiger partial charge in [-0.1, -0.05) is 42.5 Å². The Kier molecular flexibility index (Phi) is 5.27. The number of carbonyl (C=O) groups is 1. The van der Waals surface area contributed by atoms with Crippen molar-refractivity contribution in [1.29, 1.82) is 0 Å². The van der Waals surface area contributed by atoms with E-state index in [2.05, 4.69) is 10.3 Å².